The fourth-order valence-corrected chi connectivity index (χ4v) is 2.57. The number of benzene rings is 1. The van der Waals surface area contributed by atoms with E-state index in [4.69, 9.17) is 0 Å². The third-order valence-corrected chi connectivity index (χ3v) is 3.72. The van der Waals surface area contributed by atoms with Crippen molar-refractivity contribution in [1.82, 2.24) is 14.8 Å². The summed E-state index contributed by atoms with van der Waals surface area (Å²) < 4.78 is 1.68. The number of carbonyl (C=O) groups is 1. The van der Waals surface area contributed by atoms with Crippen molar-refractivity contribution in [3.8, 4) is 0 Å². The Kier molecular flexibility index (Phi) is 3.63. The number of rotatable bonds is 3. The molecule has 0 unspecified atom stereocenters. The van der Waals surface area contributed by atoms with Crippen molar-refractivity contribution in [2.45, 2.75) is 20.3 Å². The van der Waals surface area contributed by atoms with Gasteiger partial charge in [0.25, 0.3) is 5.91 Å². The van der Waals surface area contributed by atoms with Crippen LogP contribution in [0.25, 0.3) is 11.0 Å². The van der Waals surface area contributed by atoms with Gasteiger partial charge in [-0.05, 0) is 31.0 Å². The summed E-state index contributed by atoms with van der Waals surface area (Å²) in [5, 5.41) is 7.96. The summed E-state index contributed by atoms with van der Waals surface area (Å²) in [6.07, 6.45) is 2.55. The molecule has 0 fully saturated rings. The van der Waals surface area contributed by atoms with Crippen LogP contribution in [0, 0.1) is 6.92 Å². The Morgan fingerprint density at radius 2 is 2.09 bits per heavy atom. The predicted octanol–water partition coefficient (Wildman–Crippen LogP) is 3.09. The minimum atomic E-state index is -0.135. The van der Waals surface area contributed by atoms with Crippen molar-refractivity contribution >= 4 is 22.6 Å². The van der Waals surface area contributed by atoms with Gasteiger partial charge in [0, 0.05) is 18.4 Å². The highest BCUT2D eigenvalue weighted by Crippen LogP contribution is 2.21. The molecular weight excluding hydrogens is 276 g/mol. The fourth-order valence-electron chi connectivity index (χ4n) is 2.57. The third-order valence-electron chi connectivity index (χ3n) is 3.72. The van der Waals surface area contributed by atoms with E-state index in [1.165, 1.54) is 0 Å². The summed E-state index contributed by atoms with van der Waals surface area (Å²) in [7, 11) is 1.82. The normalized spacial score (nSPS) is 10.9. The Hall–Kier alpha value is -2.69. The van der Waals surface area contributed by atoms with Gasteiger partial charge >= 0.3 is 0 Å². The molecule has 0 bridgehead atoms. The number of fused-ring (bicyclic) bond motifs is 1. The Balaban J connectivity index is 2.02. The van der Waals surface area contributed by atoms with E-state index in [2.05, 4.69) is 22.3 Å². The maximum absolute atomic E-state index is 12.7. The molecule has 1 aromatic carbocycles. The molecule has 0 atom stereocenters. The van der Waals surface area contributed by atoms with Crippen LogP contribution in [0.5, 0.6) is 0 Å². The van der Waals surface area contributed by atoms with Gasteiger partial charge in [0.15, 0.2) is 5.65 Å². The lowest BCUT2D eigenvalue weighted by atomic mass is 10.1. The van der Waals surface area contributed by atoms with Gasteiger partial charge in [-0.15, -0.1) is 0 Å². The van der Waals surface area contributed by atoms with Crippen molar-refractivity contribution < 1.29 is 4.79 Å². The van der Waals surface area contributed by atoms with E-state index in [1.54, 1.807) is 16.9 Å². The summed E-state index contributed by atoms with van der Waals surface area (Å²) in [6, 6.07) is 9.64. The van der Waals surface area contributed by atoms with Crippen LogP contribution in [-0.2, 0) is 13.5 Å². The van der Waals surface area contributed by atoms with Gasteiger partial charge in [-0.3, -0.25) is 9.48 Å². The molecule has 112 valence electrons. The first kappa shape index (κ1) is 14.3. The minimum absolute atomic E-state index is 0.135. The number of aromatic nitrogens is 3. The molecule has 1 amide bonds. The first-order valence-corrected chi connectivity index (χ1v) is 7.28. The molecule has 0 aliphatic heterocycles. The average molecular weight is 294 g/mol. The van der Waals surface area contributed by atoms with Crippen LogP contribution in [0.4, 0.5) is 5.69 Å². The lowest BCUT2D eigenvalue weighted by Gasteiger charge is -2.10. The molecule has 1 N–H and O–H groups in total. The Bertz CT molecular complexity index is 851. The number of pyridine rings is 1. The second-order valence-electron chi connectivity index (χ2n) is 5.28. The van der Waals surface area contributed by atoms with Crippen molar-refractivity contribution in [1.29, 1.82) is 0 Å². The van der Waals surface area contributed by atoms with Gasteiger partial charge in [-0.25, -0.2) is 4.98 Å². The first-order chi connectivity index (χ1) is 10.6. The van der Waals surface area contributed by atoms with E-state index in [-0.39, 0.29) is 5.91 Å². The lowest BCUT2D eigenvalue weighted by Crippen LogP contribution is -2.14. The average Bonchev–Trinajstić information content (AvgIpc) is 2.88. The van der Waals surface area contributed by atoms with E-state index >= 15 is 0 Å². The number of nitrogens with one attached hydrogen (secondary N) is 1. The summed E-state index contributed by atoms with van der Waals surface area (Å²) in [4.78, 5) is 17.1. The monoisotopic (exact) mass is 294 g/mol. The number of aryl methyl sites for hydroxylation is 3. The van der Waals surface area contributed by atoms with Crippen LogP contribution in [0.1, 0.15) is 28.5 Å². The van der Waals surface area contributed by atoms with Crippen molar-refractivity contribution in [2.75, 3.05) is 5.32 Å². The second-order valence-corrected chi connectivity index (χ2v) is 5.28. The summed E-state index contributed by atoms with van der Waals surface area (Å²) >= 11 is 0. The number of para-hydroxylation sites is 1. The van der Waals surface area contributed by atoms with Crippen LogP contribution in [-0.4, -0.2) is 20.7 Å². The molecule has 0 aliphatic rings. The van der Waals surface area contributed by atoms with E-state index < -0.39 is 0 Å². The maximum atomic E-state index is 12.7. The number of anilines is 1. The number of nitrogens with zero attached hydrogens (tertiary/aromatic N) is 3. The molecule has 0 radical (unpaired) electrons. The zero-order valence-corrected chi connectivity index (χ0v) is 12.9. The number of hydrogen-bond donors (Lipinski definition) is 1. The Morgan fingerprint density at radius 3 is 2.86 bits per heavy atom. The van der Waals surface area contributed by atoms with Crippen molar-refractivity contribution in [3.63, 3.8) is 0 Å². The molecule has 22 heavy (non-hydrogen) atoms. The summed E-state index contributed by atoms with van der Waals surface area (Å²) in [5.41, 5.74) is 4.08. The van der Waals surface area contributed by atoms with E-state index in [0.717, 1.165) is 28.8 Å². The highest BCUT2D eigenvalue weighted by molar-refractivity contribution is 6.12. The topological polar surface area (TPSA) is 59.8 Å². The molecule has 0 aliphatic carbocycles. The first-order valence-electron chi connectivity index (χ1n) is 7.28. The number of hydrogen-bond acceptors (Lipinski definition) is 3. The molecule has 0 spiro atoms. The van der Waals surface area contributed by atoms with Gasteiger partial charge in [0.05, 0.1) is 17.1 Å². The molecule has 0 saturated carbocycles. The zero-order chi connectivity index (χ0) is 15.7. The smallest absolute Gasteiger partial charge is 0.256 e. The Labute approximate surface area is 129 Å². The third kappa shape index (κ3) is 2.45. The van der Waals surface area contributed by atoms with Gasteiger partial charge < -0.3 is 5.32 Å². The van der Waals surface area contributed by atoms with Gasteiger partial charge in [-0.2, -0.15) is 5.10 Å². The molecule has 3 rings (SSSR count). The van der Waals surface area contributed by atoms with E-state index in [1.807, 2.05) is 38.2 Å². The maximum Gasteiger partial charge on any atom is 0.256 e. The predicted molar refractivity (Wildman–Crippen MR) is 87.0 cm³/mol. The zero-order valence-electron chi connectivity index (χ0n) is 12.9. The van der Waals surface area contributed by atoms with Crippen molar-refractivity contribution in [2.24, 2.45) is 7.05 Å². The van der Waals surface area contributed by atoms with Crippen molar-refractivity contribution in [3.05, 3.63) is 53.3 Å². The van der Waals surface area contributed by atoms with Crippen LogP contribution in [0.3, 0.4) is 0 Å². The van der Waals surface area contributed by atoms with E-state index in [9.17, 15) is 4.79 Å². The second kappa shape index (κ2) is 5.60. The lowest BCUT2D eigenvalue weighted by molar-refractivity contribution is 0.102. The van der Waals surface area contributed by atoms with Gasteiger partial charge in [-0.1, -0.05) is 25.1 Å². The fraction of sp³-hybridized carbons (Fsp3) is 0.235. The van der Waals surface area contributed by atoms with Crippen LogP contribution >= 0.6 is 0 Å². The van der Waals surface area contributed by atoms with Gasteiger partial charge in [0.1, 0.15) is 0 Å². The molecule has 2 heterocycles. The molecule has 0 saturated heterocycles. The minimum Gasteiger partial charge on any atom is -0.322 e. The highest BCUT2D eigenvalue weighted by Gasteiger charge is 2.15. The molecule has 2 aromatic heterocycles. The number of carbonyl (C=O) groups excluding carboxylic acids is 1. The summed E-state index contributed by atoms with van der Waals surface area (Å²) in [5.74, 6) is -0.135. The van der Waals surface area contributed by atoms with E-state index in [0.29, 0.717) is 11.2 Å². The van der Waals surface area contributed by atoms with Crippen LogP contribution in [0.15, 0.2) is 36.5 Å². The Morgan fingerprint density at radius 1 is 1.32 bits per heavy atom. The largest absolute Gasteiger partial charge is 0.322 e. The number of amides is 1. The quantitative estimate of drug-likeness (QED) is 0.807. The highest BCUT2D eigenvalue weighted by atomic mass is 16.1. The SMILES string of the molecule is CCc1ccccc1NC(=O)c1cc(C)nc2c1cnn2C. The van der Waals surface area contributed by atoms with Gasteiger partial charge in [0.2, 0.25) is 0 Å². The molecular formula is C17H18N4O. The summed E-state index contributed by atoms with van der Waals surface area (Å²) in [6.45, 7) is 3.95. The van der Waals surface area contributed by atoms with Crippen LogP contribution < -0.4 is 5.32 Å². The van der Waals surface area contributed by atoms with Crippen LogP contribution in [0.2, 0.25) is 0 Å². The molecule has 5 heteroatoms. The molecule has 5 nitrogen and oxygen atoms in total. The molecule has 3 aromatic rings. The standard InChI is InChI=1S/C17H18N4O/c1-4-12-7-5-6-8-15(12)20-17(22)13-9-11(2)19-16-14(13)10-18-21(16)3/h5-10H,4H2,1-3H3,(H,20,22).